The summed E-state index contributed by atoms with van der Waals surface area (Å²) in [6, 6.07) is 1.86. The summed E-state index contributed by atoms with van der Waals surface area (Å²) in [4.78, 5) is 15.9. The second-order valence-electron chi connectivity index (χ2n) is 3.63. The molecule has 2 rings (SSSR count). The Balaban J connectivity index is 2.04. The minimum absolute atomic E-state index is 0.627. The number of aryl methyl sites for hydroxylation is 1. The first-order chi connectivity index (χ1) is 8.28. The molecule has 17 heavy (non-hydrogen) atoms. The Kier molecular flexibility index (Phi) is 4.08. The number of nitrogens with one attached hydrogen (secondary N) is 2. The summed E-state index contributed by atoms with van der Waals surface area (Å²) in [5.74, 6) is 2.55. The molecule has 0 unspecified atom stereocenters. The van der Waals surface area contributed by atoms with Crippen molar-refractivity contribution in [2.24, 2.45) is 0 Å². The number of hydrogen-bond donors (Lipinski definition) is 2. The van der Waals surface area contributed by atoms with Crippen LogP contribution in [0.3, 0.4) is 0 Å². The zero-order valence-corrected chi connectivity index (χ0v) is 11.2. The molecule has 0 atom stereocenters. The zero-order valence-electron chi connectivity index (χ0n) is 9.57. The van der Waals surface area contributed by atoms with E-state index in [1.54, 1.807) is 12.4 Å². The Morgan fingerprint density at radius 1 is 1.41 bits per heavy atom. The molecule has 2 heterocycles. The first-order valence-corrected chi connectivity index (χ1v) is 6.33. The Morgan fingerprint density at radius 2 is 2.29 bits per heavy atom. The molecule has 2 N–H and O–H groups in total. The number of nitrogens with zero attached hydrogens (tertiary/aromatic N) is 3. The molecular weight excluding hydrogens is 282 g/mol. The summed E-state index contributed by atoms with van der Waals surface area (Å²) in [5, 5.41) is 3.21. The van der Waals surface area contributed by atoms with Gasteiger partial charge in [-0.3, -0.25) is 0 Å². The van der Waals surface area contributed by atoms with Gasteiger partial charge in [-0.15, -0.1) is 0 Å². The van der Waals surface area contributed by atoms with Crippen molar-refractivity contribution in [1.82, 2.24) is 19.9 Å². The minimum Gasteiger partial charge on any atom is -0.363 e. The van der Waals surface area contributed by atoms with Crippen molar-refractivity contribution >= 4 is 21.7 Å². The maximum absolute atomic E-state index is 4.43. The quantitative estimate of drug-likeness (QED) is 0.832. The maximum atomic E-state index is 4.43. The number of aromatic nitrogens is 4. The number of aromatic amines is 1. The highest BCUT2D eigenvalue weighted by Gasteiger charge is 2.03. The Hall–Kier alpha value is -1.43. The predicted octanol–water partition coefficient (Wildman–Crippen LogP) is 2.53. The lowest BCUT2D eigenvalue weighted by molar-refractivity contribution is 0.826. The summed E-state index contributed by atoms with van der Waals surface area (Å²) in [5.41, 5.74) is 0. The number of hydrogen-bond acceptors (Lipinski definition) is 4. The van der Waals surface area contributed by atoms with Crippen molar-refractivity contribution in [3.8, 4) is 0 Å². The summed E-state index contributed by atoms with van der Waals surface area (Å²) in [7, 11) is 0. The molecule has 0 fully saturated rings. The topological polar surface area (TPSA) is 66.5 Å². The van der Waals surface area contributed by atoms with Crippen LogP contribution in [0.15, 0.2) is 23.1 Å². The van der Waals surface area contributed by atoms with Crippen LogP contribution in [0.5, 0.6) is 0 Å². The highest BCUT2D eigenvalue weighted by Crippen LogP contribution is 2.13. The molecule has 6 heteroatoms. The molecule has 0 radical (unpaired) electrons. The molecule has 0 amide bonds. The van der Waals surface area contributed by atoms with E-state index in [9.17, 15) is 0 Å². The summed E-state index contributed by atoms with van der Waals surface area (Å²) < 4.78 is 0.804. The molecule has 2 aromatic rings. The van der Waals surface area contributed by atoms with E-state index in [2.05, 4.69) is 48.1 Å². The fourth-order valence-electron chi connectivity index (χ4n) is 1.46. The van der Waals surface area contributed by atoms with Gasteiger partial charge in [0, 0.05) is 24.9 Å². The Bertz CT molecular complexity index is 469. The van der Waals surface area contributed by atoms with Crippen molar-refractivity contribution in [3.63, 3.8) is 0 Å². The lowest BCUT2D eigenvalue weighted by Crippen LogP contribution is -2.05. The zero-order chi connectivity index (χ0) is 12.1. The average molecular weight is 296 g/mol. The van der Waals surface area contributed by atoms with E-state index in [-0.39, 0.29) is 0 Å². The number of halogens is 1. The van der Waals surface area contributed by atoms with Crippen LogP contribution in [-0.4, -0.2) is 19.9 Å². The van der Waals surface area contributed by atoms with Gasteiger partial charge in [-0.2, -0.15) is 0 Å². The van der Waals surface area contributed by atoms with E-state index in [1.165, 1.54) is 0 Å². The molecule has 0 bridgehead atoms. The van der Waals surface area contributed by atoms with Crippen LogP contribution in [0.4, 0.5) is 5.82 Å². The van der Waals surface area contributed by atoms with Gasteiger partial charge in [0.1, 0.15) is 22.1 Å². The van der Waals surface area contributed by atoms with E-state index >= 15 is 0 Å². The maximum Gasteiger partial charge on any atom is 0.132 e. The molecule has 0 saturated heterocycles. The Morgan fingerprint density at radius 3 is 3.00 bits per heavy atom. The molecular formula is C11H14BrN5. The van der Waals surface area contributed by atoms with E-state index in [1.807, 2.05) is 6.07 Å². The number of rotatable bonds is 5. The van der Waals surface area contributed by atoms with Gasteiger partial charge in [0.2, 0.25) is 0 Å². The molecule has 0 spiro atoms. The number of H-pyrrole nitrogens is 1. The van der Waals surface area contributed by atoms with Crippen molar-refractivity contribution < 1.29 is 0 Å². The van der Waals surface area contributed by atoms with Gasteiger partial charge in [0.25, 0.3) is 0 Å². The standard InChI is InChI=1S/C11H14BrN5/c1-2-3-9-16-8(12)6-10(17-9)15-7-11-13-4-5-14-11/h4-6H,2-3,7H2,1H3,(H,13,14)(H,15,16,17). The third kappa shape index (κ3) is 3.52. The second kappa shape index (κ2) is 5.77. The van der Waals surface area contributed by atoms with Crippen LogP contribution in [0.1, 0.15) is 25.0 Å². The van der Waals surface area contributed by atoms with Gasteiger partial charge >= 0.3 is 0 Å². The monoisotopic (exact) mass is 295 g/mol. The summed E-state index contributed by atoms with van der Waals surface area (Å²) in [6.45, 7) is 2.74. The van der Waals surface area contributed by atoms with Crippen LogP contribution in [0.25, 0.3) is 0 Å². The molecule has 0 aliphatic rings. The number of imidazole rings is 1. The fourth-order valence-corrected chi connectivity index (χ4v) is 1.88. The lowest BCUT2D eigenvalue weighted by atomic mass is 10.3. The SMILES string of the molecule is CCCc1nc(Br)cc(NCc2ncc[nH]2)n1. The summed E-state index contributed by atoms with van der Waals surface area (Å²) in [6.07, 6.45) is 5.45. The molecule has 0 aliphatic heterocycles. The highest BCUT2D eigenvalue weighted by atomic mass is 79.9. The first kappa shape index (κ1) is 12.0. The molecule has 90 valence electrons. The number of anilines is 1. The van der Waals surface area contributed by atoms with Gasteiger partial charge < -0.3 is 10.3 Å². The van der Waals surface area contributed by atoms with Crippen LogP contribution in [0, 0.1) is 0 Å². The van der Waals surface area contributed by atoms with Crippen LogP contribution in [0.2, 0.25) is 0 Å². The lowest BCUT2D eigenvalue weighted by Gasteiger charge is -2.06. The van der Waals surface area contributed by atoms with Crippen LogP contribution >= 0.6 is 15.9 Å². The minimum atomic E-state index is 0.627. The molecule has 5 nitrogen and oxygen atoms in total. The first-order valence-electron chi connectivity index (χ1n) is 5.53. The predicted molar refractivity (Wildman–Crippen MR) is 69.6 cm³/mol. The highest BCUT2D eigenvalue weighted by molar-refractivity contribution is 9.10. The van der Waals surface area contributed by atoms with Crippen molar-refractivity contribution in [2.45, 2.75) is 26.3 Å². The van der Waals surface area contributed by atoms with Crippen molar-refractivity contribution in [3.05, 3.63) is 34.7 Å². The molecule has 0 aliphatic carbocycles. The third-order valence-corrected chi connectivity index (χ3v) is 2.61. The van der Waals surface area contributed by atoms with Gasteiger partial charge in [-0.05, 0) is 22.4 Å². The van der Waals surface area contributed by atoms with E-state index in [0.29, 0.717) is 6.54 Å². The summed E-state index contributed by atoms with van der Waals surface area (Å²) >= 11 is 3.39. The fraction of sp³-hybridized carbons (Fsp3) is 0.364. The van der Waals surface area contributed by atoms with Crippen LogP contribution < -0.4 is 5.32 Å². The van der Waals surface area contributed by atoms with Crippen LogP contribution in [-0.2, 0) is 13.0 Å². The normalized spacial score (nSPS) is 10.5. The van der Waals surface area contributed by atoms with E-state index < -0.39 is 0 Å². The largest absolute Gasteiger partial charge is 0.363 e. The van der Waals surface area contributed by atoms with E-state index in [0.717, 1.165) is 34.9 Å². The smallest absolute Gasteiger partial charge is 0.132 e. The van der Waals surface area contributed by atoms with Gasteiger partial charge in [-0.25, -0.2) is 15.0 Å². The van der Waals surface area contributed by atoms with Crippen molar-refractivity contribution in [1.29, 1.82) is 0 Å². The van der Waals surface area contributed by atoms with Crippen molar-refractivity contribution in [2.75, 3.05) is 5.32 Å². The third-order valence-electron chi connectivity index (χ3n) is 2.21. The van der Waals surface area contributed by atoms with Gasteiger partial charge in [0.05, 0.1) is 6.54 Å². The van der Waals surface area contributed by atoms with Gasteiger partial charge in [-0.1, -0.05) is 6.92 Å². The Labute approximate surface area is 108 Å². The molecule has 0 saturated carbocycles. The molecule has 2 aromatic heterocycles. The van der Waals surface area contributed by atoms with Gasteiger partial charge in [0.15, 0.2) is 0 Å². The van der Waals surface area contributed by atoms with E-state index in [4.69, 9.17) is 0 Å². The average Bonchev–Trinajstić information content (AvgIpc) is 2.79. The molecule has 0 aromatic carbocycles. The second-order valence-corrected chi connectivity index (χ2v) is 4.44.